The minimum atomic E-state index is -0.889. The van der Waals surface area contributed by atoms with Crippen molar-refractivity contribution in [2.24, 2.45) is 0 Å². The molecule has 1 heterocycles. The molecule has 1 N–H and O–H groups in total. The molecule has 0 radical (unpaired) electrons. The fourth-order valence-electron chi connectivity index (χ4n) is 4.31. The molecule has 1 unspecified atom stereocenters. The Morgan fingerprint density at radius 3 is 2.21 bits per heavy atom. The Morgan fingerprint density at radius 2 is 1.55 bits per heavy atom. The summed E-state index contributed by atoms with van der Waals surface area (Å²) in [5.41, 5.74) is 3.76. The maximum atomic E-state index is 13.0. The van der Waals surface area contributed by atoms with E-state index in [0.717, 1.165) is 22.1 Å². The number of fused-ring (bicyclic) bond motifs is 1. The highest BCUT2D eigenvalue weighted by Gasteiger charge is 2.24. The first kappa shape index (κ1) is 26.7. The van der Waals surface area contributed by atoms with Crippen molar-refractivity contribution in [3.05, 3.63) is 111 Å². The number of rotatable bonds is 9. The highest BCUT2D eigenvalue weighted by molar-refractivity contribution is 5.88. The van der Waals surface area contributed by atoms with Gasteiger partial charge in [-0.1, -0.05) is 74.0 Å². The van der Waals surface area contributed by atoms with Gasteiger partial charge in [0.2, 0.25) is 0 Å². The fourth-order valence-corrected chi connectivity index (χ4v) is 4.31. The molecule has 1 aromatic heterocycles. The predicted molar refractivity (Wildman–Crippen MR) is 145 cm³/mol. The van der Waals surface area contributed by atoms with Gasteiger partial charge in [-0.15, -0.1) is 0 Å². The average molecular weight is 514 g/mol. The standard InChI is InChI=1S/C31H31NO6/c1-4-11-26(32-31(35)36-19-23-14-9-6-10-15-23)30(34)37-27-17-16-24-20(2)25(18-22-12-7-5-8-13-22)29(33)38-28(24)21(27)3/h5-10,12-17,26H,4,11,18-19H2,1-3H3,(H,32,35). The van der Waals surface area contributed by atoms with Crippen LogP contribution in [0, 0.1) is 13.8 Å². The maximum Gasteiger partial charge on any atom is 0.408 e. The average Bonchev–Trinajstić information content (AvgIpc) is 2.92. The molecule has 3 aromatic carbocycles. The van der Waals surface area contributed by atoms with Crippen molar-refractivity contribution in [1.82, 2.24) is 5.32 Å². The van der Waals surface area contributed by atoms with Gasteiger partial charge in [0, 0.05) is 22.9 Å². The molecule has 0 bridgehead atoms. The van der Waals surface area contributed by atoms with Crippen LogP contribution in [0.2, 0.25) is 0 Å². The van der Waals surface area contributed by atoms with Crippen LogP contribution >= 0.6 is 0 Å². The van der Waals surface area contributed by atoms with Gasteiger partial charge in [-0.3, -0.25) is 0 Å². The van der Waals surface area contributed by atoms with Gasteiger partial charge in [0.1, 0.15) is 24.0 Å². The van der Waals surface area contributed by atoms with Crippen molar-refractivity contribution in [2.75, 3.05) is 0 Å². The molecule has 0 saturated heterocycles. The third kappa shape index (κ3) is 6.29. The molecule has 0 spiro atoms. The molecule has 7 nitrogen and oxygen atoms in total. The van der Waals surface area contributed by atoms with E-state index in [1.807, 2.05) is 74.5 Å². The van der Waals surface area contributed by atoms with E-state index in [1.54, 1.807) is 19.1 Å². The van der Waals surface area contributed by atoms with Gasteiger partial charge in [-0.05, 0) is 49.1 Å². The van der Waals surface area contributed by atoms with Gasteiger partial charge in [0.05, 0.1) is 0 Å². The lowest BCUT2D eigenvalue weighted by Crippen LogP contribution is -2.43. The summed E-state index contributed by atoms with van der Waals surface area (Å²) in [7, 11) is 0. The molecule has 1 atom stereocenters. The monoisotopic (exact) mass is 513 g/mol. The molecule has 0 aliphatic rings. The van der Waals surface area contributed by atoms with E-state index in [9.17, 15) is 14.4 Å². The second-order valence-electron chi connectivity index (χ2n) is 9.19. The smallest absolute Gasteiger partial charge is 0.408 e. The second-order valence-corrected chi connectivity index (χ2v) is 9.19. The Balaban J connectivity index is 1.50. The minimum Gasteiger partial charge on any atom is -0.445 e. The molecule has 0 aliphatic carbocycles. The predicted octanol–water partition coefficient (Wildman–Crippen LogP) is 6.00. The second kappa shape index (κ2) is 12.2. The zero-order valence-corrected chi connectivity index (χ0v) is 21.8. The summed E-state index contributed by atoms with van der Waals surface area (Å²) in [6.07, 6.45) is 0.786. The van der Waals surface area contributed by atoms with Gasteiger partial charge in [-0.2, -0.15) is 0 Å². The molecular weight excluding hydrogens is 482 g/mol. The van der Waals surface area contributed by atoms with Crippen LogP contribution in [0.1, 0.15) is 47.6 Å². The van der Waals surface area contributed by atoms with Crippen LogP contribution in [0.4, 0.5) is 4.79 Å². The topological polar surface area (TPSA) is 94.8 Å². The molecule has 0 fully saturated rings. The highest BCUT2D eigenvalue weighted by Crippen LogP contribution is 2.30. The van der Waals surface area contributed by atoms with E-state index < -0.39 is 23.7 Å². The largest absolute Gasteiger partial charge is 0.445 e. The first-order chi connectivity index (χ1) is 18.4. The van der Waals surface area contributed by atoms with Crippen LogP contribution in [0.5, 0.6) is 5.75 Å². The van der Waals surface area contributed by atoms with Crippen LogP contribution in [0.3, 0.4) is 0 Å². The molecule has 4 aromatic rings. The summed E-state index contributed by atoms with van der Waals surface area (Å²) < 4.78 is 16.6. The van der Waals surface area contributed by atoms with Gasteiger partial charge >= 0.3 is 17.7 Å². The summed E-state index contributed by atoms with van der Waals surface area (Å²) in [4.78, 5) is 38.2. The van der Waals surface area contributed by atoms with Gasteiger partial charge in [-0.25, -0.2) is 14.4 Å². The summed E-state index contributed by atoms with van der Waals surface area (Å²) >= 11 is 0. The maximum absolute atomic E-state index is 13.0. The van der Waals surface area contributed by atoms with Gasteiger partial charge in [0.25, 0.3) is 0 Å². The van der Waals surface area contributed by atoms with Crippen LogP contribution in [-0.4, -0.2) is 18.1 Å². The van der Waals surface area contributed by atoms with Crippen LogP contribution in [-0.2, 0) is 22.6 Å². The fraction of sp³-hybridized carbons (Fsp3) is 0.258. The van der Waals surface area contributed by atoms with Crippen LogP contribution in [0.15, 0.2) is 82.0 Å². The third-order valence-corrected chi connectivity index (χ3v) is 6.46. The highest BCUT2D eigenvalue weighted by atomic mass is 16.6. The number of ether oxygens (including phenoxy) is 2. The van der Waals surface area contributed by atoms with Crippen molar-refractivity contribution in [3.63, 3.8) is 0 Å². The van der Waals surface area contributed by atoms with E-state index in [-0.39, 0.29) is 12.4 Å². The third-order valence-electron chi connectivity index (χ3n) is 6.46. The summed E-state index contributed by atoms with van der Waals surface area (Å²) in [5.74, 6) is -0.354. The minimum absolute atomic E-state index is 0.0923. The summed E-state index contributed by atoms with van der Waals surface area (Å²) in [6, 6.07) is 21.6. The SMILES string of the molecule is CCCC(NC(=O)OCc1ccccc1)C(=O)Oc1ccc2c(C)c(Cc3ccccc3)c(=O)oc2c1C. The number of hydrogen-bond donors (Lipinski definition) is 1. The quantitative estimate of drug-likeness (QED) is 0.168. The van der Waals surface area contributed by atoms with Crippen molar-refractivity contribution < 1.29 is 23.5 Å². The number of carbonyl (C=O) groups is 2. The molecular formula is C31H31NO6. The molecule has 0 saturated carbocycles. The Bertz CT molecular complexity index is 1480. The summed E-state index contributed by atoms with van der Waals surface area (Å²) in [6.45, 7) is 5.63. The van der Waals surface area contributed by atoms with E-state index >= 15 is 0 Å². The molecule has 0 aliphatic heterocycles. The first-order valence-corrected chi connectivity index (χ1v) is 12.7. The molecule has 4 rings (SSSR count). The lowest BCUT2D eigenvalue weighted by Gasteiger charge is -2.18. The number of benzene rings is 3. The number of alkyl carbamates (subject to hydrolysis) is 1. The van der Waals surface area contributed by atoms with E-state index in [0.29, 0.717) is 36.0 Å². The summed E-state index contributed by atoms with van der Waals surface area (Å²) in [5, 5.41) is 3.38. The number of nitrogens with one attached hydrogen (secondary N) is 1. The van der Waals surface area contributed by atoms with Gasteiger partial charge < -0.3 is 19.2 Å². The van der Waals surface area contributed by atoms with E-state index in [1.165, 1.54) is 0 Å². The Hall–Kier alpha value is -4.39. The van der Waals surface area contributed by atoms with Crippen molar-refractivity contribution in [2.45, 2.75) is 52.7 Å². The Morgan fingerprint density at radius 1 is 0.895 bits per heavy atom. The zero-order chi connectivity index (χ0) is 27.1. The Kier molecular flexibility index (Phi) is 8.58. The molecule has 7 heteroatoms. The number of carbonyl (C=O) groups excluding carboxylic acids is 2. The van der Waals surface area contributed by atoms with Crippen molar-refractivity contribution in [3.8, 4) is 5.75 Å². The molecule has 1 amide bonds. The van der Waals surface area contributed by atoms with Crippen molar-refractivity contribution in [1.29, 1.82) is 0 Å². The van der Waals surface area contributed by atoms with Crippen LogP contribution in [0.25, 0.3) is 11.0 Å². The number of esters is 1. The molecule has 196 valence electrons. The first-order valence-electron chi connectivity index (χ1n) is 12.7. The van der Waals surface area contributed by atoms with Crippen molar-refractivity contribution >= 4 is 23.0 Å². The normalized spacial score (nSPS) is 11.7. The lowest BCUT2D eigenvalue weighted by atomic mass is 9.98. The van der Waals surface area contributed by atoms with Gasteiger partial charge in [0.15, 0.2) is 0 Å². The van der Waals surface area contributed by atoms with E-state index in [4.69, 9.17) is 13.9 Å². The number of hydrogen-bond acceptors (Lipinski definition) is 6. The van der Waals surface area contributed by atoms with Crippen LogP contribution < -0.4 is 15.7 Å². The van der Waals surface area contributed by atoms with E-state index in [2.05, 4.69) is 5.32 Å². The Labute approximate surface area is 221 Å². The zero-order valence-electron chi connectivity index (χ0n) is 21.8. The lowest BCUT2D eigenvalue weighted by molar-refractivity contribution is -0.136. The number of amides is 1. The number of aryl methyl sites for hydroxylation is 2. The molecule has 38 heavy (non-hydrogen) atoms.